The second-order valence-electron chi connectivity index (χ2n) is 11.2. The maximum atomic E-state index is 13.0. The molecule has 0 aromatic heterocycles. The highest BCUT2D eigenvalue weighted by Crippen LogP contribution is 2.65. The molecule has 0 radical (unpaired) electrons. The lowest BCUT2D eigenvalue weighted by molar-refractivity contribution is -0.119. The van der Waals surface area contributed by atoms with Gasteiger partial charge in [0.1, 0.15) is 0 Å². The fourth-order valence-electron chi connectivity index (χ4n) is 7.35. The number of carbonyl (C=O) groups is 2. The molecule has 0 N–H and O–H groups in total. The summed E-state index contributed by atoms with van der Waals surface area (Å²) in [6, 6.07) is 0. The molecule has 2 heteroatoms. The Labute approximate surface area is 176 Å². The number of rotatable bonds is 4. The highest BCUT2D eigenvalue weighted by molar-refractivity contribution is 6.11. The van der Waals surface area contributed by atoms with E-state index in [1.807, 2.05) is 6.08 Å². The first-order chi connectivity index (χ1) is 13.7. The van der Waals surface area contributed by atoms with Crippen LogP contribution >= 0.6 is 0 Å². The highest BCUT2D eigenvalue weighted by Gasteiger charge is 2.58. The minimum Gasteiger partial charge on any atom is -0.295 e. The van der Waals surface area contributed by atoms with Gasteiger partial charge in [-0.25, -0.2) is 0 Å². The van der Waals surface area contributed by atoms with E-state index in [4.69, 9.17) is 0 Å². The summed E-state index contributed by atoms with van der Waals surface area (Å²) in [5.74, 6) is 3.24. The average Bonchev–Trinajstić information content (AvgIpc) is 3.00. The molecule has 0 aromatic carbocycles. The van der Waals surface area contributed by atoms with Gasteiger partial charge in [-0.1, -0.05) is 52.3 Å². The summed E-state index contributed by atoms with van der Waals surface area (Å²) in [5.41, 5.74) is 2.40. The van der Waals surface area contributed by atoms with Crippen molar-refractivity contribution in [3.05, 3.63) is 35.5 Å². The smallest absolute Gasteiger partial charge is 0.182 e. The monoisotopic (exact) mass is 394 g/mol. The predicted molar refractivity (Wildman–Crippen MR) is 118 cm³/mol. The number of fused-ring (bicyclic) bond motifs is 5. The van der Waals surface area contributed by atoms with E-state index in [1.165, 1.54) is 24.8 Å². The number of carbonyl (C=O) groups excluding carboxylic acids is 2. The summed E-state index contributed by atoms with van der Waals surface area (Å²) in [4.78, 5) is 25.0. The highest BCUT2D eigenvalue weighted by atomic mass is 16.1. The van der Waals surface area contributed by atoms with Crippen LogP contribution in [0.25, 0.3) is 0 Å². The van der Waals surface area contributed by atoms with Gasteiger partial charge in [-0.05, 0) is 85.7 Å². The van der Waals surface area contributed by atoms with E-state index in [0.717, 1.165) is 24.8 Å². The molecular weight excluding hydrogens is 356 g/mol. The number of hydrogen-bond acceptors (Lipinski definition) is 2. The number of allylic oxidation sites excluding steroid dienone is 6. The molecule has 0 bridgehead atoms. The van der Waals surface area contributed by atoms with Crippen molar-refractivity contribution in [2.75, 3.05) is 0 Å². The zero-order valence-corrected chi connectivity index (χ0v) is 19.0. The molecule has 6 unspecified atom stereocenters. The summed E-state index contributed by atoms with van der Waals surface area (Å²) in [5, 5.41) is 0. The van der Waals surface area contributed by atoms with Gasteiger partial charge in [-0.15, -0.1) is 0 Å². The van der Waals surface area contributed by atoms with Gasteiger partial charge in [0.25, 0.3) is 0 Å². The van der Waals surface area contributed by atoms with Gasteiger partial charge in [0.05, 0.1) is 0 Å². The Balaban J connectivity index is 1.62. The van der Waals surface area contributed by atoms with Crippen LogP contribution in [0.5, 0.6) is 0 Å². The SMILES string of the molecule is CC(C)CC=CC(C)C1CCC2C3=CC(=O)C4=CC(=O)CCC4(C)C3CCC21C. The molecule has 29 heavy (non-hydrogen) atoms. The van der Waals surface area contributed by atoms with Gasteiger partial charge in [0, 0.05) is 17.4 Å². The Morgan fingerprint density at radius 2 is 1.79 bits per heavy atom. The Bertz CT molecular complexity index is 797. The molecule has 0 aromatic rings. The molecule has 0 aliphatic heterocycles. The normalized spacial score (nSPS) is 40.4. The van der Waals surface area contributed by atoms with Crippen molar-refractivity contribution in [1.29, 1.82) is 0 Å². The largest absolute Gasteiger partial charge is 0.295 e. The van der Waals surface area contributed by atoms with Crippen LogP contribution in [0, 0.1) is 40.4 Å². The fraction of sp³-hybridized carbons (Fsp3) is 0.704. The van der Waals surface area contributed by atoms with Crippen molar-refractivity contribution in [2.24, 2.45) is 40.4 Å². The second-order valence-corrected chi connectivity index (χ2v) is 11.2. The van der Waals surface area contributed by atoms with Gasteiger partial charge in [-0.2, -0.15) is 0 Å². The van der Waals surface area contributed by atoms with Crippen LogP contribution in [-0.2, 0) is 9.59 Å². The maximum absolute atomic E-state index is 13.0. The van der Waals surface area contributed by atoms with Crippen LogP contribution in [0.15, 0.2) is 35.5 Å². The Hall–Kier alpha value is -1.44. The molecule has 2 fully saturated rings. The molecule has 2 saturated carbocycles. The molecule has 0 amide bonds. The van der Waals surface area contributed by atoms with E-state index >= 15 is 0 Å². The second kappa shape index (κ2) is 7.36. The molecular formula is C27H38O2. The molecule has 0 saturated heterocycles. The van der Waals surface area contributed by atoms with Crippen LogP contribution < -0.4 is 0 Å². The van der Waals surface area contributed by atoms with E-state index in [1.54, 1.807) is 6.08 Å². The Morgan fingerprint density at radius 1 is 1.03 bits per heavy atom. The van der Waals surface area contributed by atoms with Gasteiger partial charge in [0.2, 0.25) is 0 Å². The van der Waals surface area contributed by atoms with Crippen LogP contribution in [0.4, 0.5) is 0 Å². The Kier molecular flexibility index (Phi) is 5.28. The molecule has 6 atom stereocenters. The summed E-state index contributed by atoms with van der Waals surface area (Å²) < 4.78 is 0. The van der Waals surface area contributed by atoms with E-state index in [2.05, 4.69) is 46.8 Å². The first kappa shape index (κ1) is 20.8. The van der Waals surface area contributed by atoms with Crippen molar-refractivity contribution in [3.63, 3.8) is 0 Å². The van der Waals surface area contributed by atoms with Crippen molar-refractivity contribution in [1.82, 2.24) is 0 Å². The summed E-state index contributed by atoms with van der Waals surface area (Å²) in [6.07, 6.45) is 16.0. The van der Waals surface area contributed by atoms with Gasteiger partial charge >= 0.3 is 0 Å². The lowest BCUT2D eigenvalue weighted by atomic mass is 9.49. The predicted octanol–water partition coefficient (Wildman–Crippen LogP) is 6.47. The van der Waals surface area contributed by atoms with Crippen molar-refractivity contribution >= 4 is 11.6 Å². The Morgan fingerprint density at radius 3 is 2.52 bits per heavy atom. The third-order valence-corrected chi connectivity index (χ3v) is 9.01. The lowest BCUT2D eigenvalue weighted by Gasteiger charge is -2.54. The van der Waals surface area contributed by atoms with Crippen LogP contribution in [-0.4, -0.2) is 11.6 Å². The molecule has 0 spiro atoms. The summed E-state index contributed by atoms with van der Waals surface area (Å²) >= 11 is 0. The van der Waals surface area contributed by atoms with E-state index in [0.29, 0.717) is 41.4 Å². The third-order valence-electron chi connectivity index (χ3n) is 9.01. The zero-order chi connectivity index (χ0) is 21.0. The topological polar surface area (TPSA) is 34.1 Å². The van der Waals surface area contributed by atoms with Crippen molar-refractivity contribution in [3.8, 4) is 0 Å². The molecule has 4 aliphatic carbocycles. The molecule has 2 nitrogen and oxygen atoms in total. The van der Waals surface area contributed by atoms with Crippen molar-refractivity contribution in [2.45, 2.75) is 79.6 Å². The molecule has 4 rings (SSSR count). The lowest BCUT2D eigenvalue weighted by Crippen LogP contribution is -2.48. The van der Waals surface area contributed by atoms with Crippen molar-refractivity contribution < 1.29 is 9.59 Å². The van der Waals surface area contributed by atoms with Crippen LogP contribution in [0.2, 0.25) is 0 Å². The van der Waals surface area contributed by atoms with Gasteiger partial charge in [0.15, 0.2) is 11.6 Å². The van der Waals surface area contributed by atoms with Crippen LogP contribution in [0.3, 0.4) is 0 Å². The van der Waals surface area contributed by atoms with E-state index < -0.39 is 0 Å². The summed E-state index contributed by atoms with van der Waals surface area (Å²) in [6.45, 7) is 11.7. The molecule has 4 aliphatic rings. The van der Waals surface area contributed by atoms with E-state index in [-0.39, 0.29) is 17.0 Å². The number of hydrogen-bond donors (Lipinski definition) is 0. The van der Waals surface area contributed by atoms with Gasteiger partial charge in [-0.3, -0.25) is 9.59 Å². The quantitative estimate of drug-likeness (QED) is 0.512. The van der Waals surface area contributed by atoms with Crippen LogP contribution in [0.1, 0.15) is 79.6 Å². The maximum Gasteiger partial charge on any atom is 0.182 e. The fourth-order valence-corrected chi connectivity index (χ4v) is 7.35. The van der Waals surface area contributed by atoms with E-state index in [9.17, 15) is 9.59 Å². The minimum absolute atomic E-state index is 0.115. The minimum atomic E-state index is -0.128. The molecule has 158 valence electrons. The number of ketones is 2. The summed E-state index contributed by atoms with van der Waals surface area (Å²) in [7, 11) is 0. The average molecular weight is 395 g/mol. The standard InChI is InChI=1S/C27H38O2/c1-17(2)7-6-8-18(3)21-9-10-22-20-16-25(29)24-15-19(28)11-13-27(24,5)23(20)12-14-26(21,22)4/h6,8,15-18,21-23H,7,9-14H2,1-5H3. The first-order valence-corrected chi connectivity index (χ1v) is 11.8. The first-order valence-electron chi connectivity index (χ1n) is 11.8. The zero-order valence-electron chi connectivity index (χ0n) is 19.0. The molecule has 0 heterocycles. The third kappa shape index (κ3) is 3.31. The van der Waals surface area contributed by atoms with Gasteiger partial charge < -0.3 is 0 Å².